The Labute approximate surface area is 207 Å². The molecule has 182 valence electrons. The van der Waals surface area contributed by atoms with Gasteiger partial charge < -0.3 is 19.6 Å². The van der Waals surface area contributed by atoms with Crippen LogP contribution in [0.25, 0.3) is 21.8 Å². The molecule has 4 aromatic rings. The molecule has 0 unspecified atom stereocenters. The largest absolute Gasteiger partial charge is 0.497 e. The lowest BCUT2D eigenvalue weighted by atomic mass is 9.84. The summed E-state index contributed by atoms with van der Waals surface area (Å²) in [6, 6.07) is 13.5. The molecule has 2 N–H and O–H groups in total. The van der Waals surface area contributed by atoms with Crippen LogP contribution in [-0.4, -0.2) is 39.9 Å². The van der Waals surface area contributed by atoms with Gasteiger partial charge in [0.25, 0.3) is 11.5 Å². The fourth-order valence-electron chi connectivity index (χ4n) is 5.53. The molecule has 0 saturated carbocycles. The van der Waals surface area contributed by atoms with Crippen molar-refractivity contribution in [3.63, 3.8) is 0 Å². The van der Waals surface area contributed by atoms with Crippen molar-refractivity contribution in [3.8, 4) is 5.75 Å². The Hall–Kier alpha value is -4.33. The smallest absolute Gasteiger partial charge is 0.259 e. The predicted molar refractivity (Wildman–Crippen MR) is 138 cm³/mol. The number of aromatic nitrogens is 2. The zero-order valence-corrected chi connectivity index (χ0v) is 20.5. The highest BCUT2D eigenvalue weighted by Gasteiger charge is 2.42. The number of hydrogen-bond donors (Lipinski definition) is 2. The minimum atomic E-state index is -0.658. The van der Waals surface area contributed by atoms with Crippen LogP contribution in [0.2, 0.25) is 0 Å². The van der Waals surface area contributed by atoms with Crippen LogP contribution in [0.5, 0.6) is 5.75 Å². The number of pyridine rings is 1. The van der Waals surface area contributed by atoms with Gasteiger partial charge in [0.1, 0.15) is 5.75 Å². The minimum Gasteiger partial charge on any atom is -0.497 e. The van der Waals surface area contributed by atoms with Crippen molar-refractivity contribution in [2.75, 3.05) is 19.0 Å². The van der Waals surface area contributed by atoms with Crippen LogP contribution in [-0.2, 0) is 9.59 Å². The number of hydrogen-bond acceptors (Lipinski definition) is 5. The molecule has 0 spiro atoms. The number of rotatable bonds is 3. The second-order valence-corrected chi connectivity index (χ2v) is 9.65. The Morgan fingerprint density at radius 2 is 1.92 bits per heavy atom. The van der Waals surface area contributed by atoms with Gasteiger partial charge in [-0.1, -0.05) is 6.07 Å². The molecule has 0 fully saturated rings. The number of methoxy groups -OCH3 is 1. The quantitative estimate of drug-likeness (QED) is 0.455. The van der Waals surface area contributed by atoms with E-state index in [-0.39, 0.29) is 30.0 Å². The average molecular weight is 483 g/mol. The maximum absolute atomic E-state index is 13.7. The average Bonchev–Trinajstić information content (AvgIpc) is 3.35. The molecule has 6 rings (SSSR count). The minimum absolute atomic E-state index is 0.143. The molecule has 36 heavy (non-hydrogen) atoms. The maximum atomic E-state index is 13.7. The molecule has 2 aliphatic heterocycles. The van der Waals surface area contributed by atoms with Gasteiger partial charge in [-0.15, -0.1) is 0 Å². The van der Waals surface area contributed by atoms with Gasteiger partial charge in [-0.05, 0) is 55.8 Å². The van der Waals surface area contributed by atoms with E-state index in [4.69, 9.17) is 4.74 Å². The van der Waals surface area contributed by atoms with Crippen molar-refractivity contribution in [1.29, 1.82) is 0 Å². The summed E-state index contributed by atoms with van der Waals surface area (Å²) < 4.78 is 7.56. The molecule has 0 aliphatic carbocycles. The first-order chi connectivity index (χ1) is 17.3. The monoisotopic (exact) mass is 482 g/mol. The van der Waals surface area contributed by atoms with Crippen LogP contribution in [0, 0.1) is 0 Å². The summed E-state index contributed by atoms with van der Waals surface area (Å²) in [5.41, 5.74) is 4.66. The van der Waals surface area contributed by atoms with E-state index in [2.05, 4.69) is 34.8 Å². The van der Waals surface area contributed by atoms with E-state index < -0.39 is 5.92 Å². The van der Waals surface area contributed by atoms with E-state index in [9.17, 15) is 14.4 Å². The summed E-state index contributed by atoms with van der Waals surface area (Å²) >= 11 is 0. The van der Waals surface area contributed by atoms with Gasteiger partial charge in [0.05, 0.1) is 24.7 Å². The lowest BCUT2D eigenvalue weighted by Gasteiger charge is -2.19. The van der Waals surface area contributed by atoms with E-state index in [0.29, 0.717) is 28.1 Å². The Balaban J connectivity index is 1.69. The van der Waals surface area contributed by atoms with Crippen molar-refractivity contribution in [2.24, 2.45) is 0 Å². The molecule has 0 radical (unpaired) electrons. The molecular formula is C28H26N4O4. The van der Waals surface area contributed by atoms with Gasteiger partial charge >= 0.3 is 0 Å². The maximum Gasteiger partial charge on any atom is 0.259 e. The number of ether oxygens (including phenoxy) is 1. The molecule has 2 aromatic heterocycles. The summed E-state index contributed by atoms with van der Waals surface area (Å²) in [5, 5.41) is 5.21. The van der Waals surface area contributed by atoms with Crippen molar-refractivity contribution in [1.82, 2.24) is 14.5 Å². The fourth-order valence-corrected chi connectivity index (χ4v) is 5.53. The first kappa shape index (κ1) is 22.2. The van der Waals surface area contributed by atoms with Gasteiger partial charge in [-0.25, -0.2) is 0 Å². The lowest BCUT2D eigenvalue weighted by molar-refractivity contribution is -0.139. The summed E-state index contributed by atoms with van der Waals surface area (Å²) in [6.45, 7) is 5.73. The number of carbonyl (C=O) groups excluding carboxylic acids is 2. The third kappa shape index (κ3) is 3.10. The Kier molecular flexibility index (Phi) is 4.83. The number of nitrogens with zero attached hydrogens (tertiary/aromatic N) is 2. The number of imide groups is 1. The molecule has 8 nitrogen and oxygen atoms in total. The van der Waals surface area contributed by atoms with Gasteiger partial charge in [0, 0.05) is 58.3 Å². The van der Waals surface area contributed by atoms with E-state index in [1.807, 2.05) is 30.5 Å². The van der Waals surface area contributed by atoms with Crippen molar-refractivity contribution in [2.45, 2.75) is 32.7 Å². The number of carbonyl (C=O) groups is 2. The van der Waals surface area contributed by atoms with Crippen LogP contribution in [0.3, 0.4) is 0 Å². The van der Waals surface area contributed by atoms with Crippen LogP contribution in [0.1, 0.15) is 43.9 Å². The van der Waals surface area contributed by atoms with Crippen LogP contribution >= 0.6 is 0 Å². The number of anilines is 1. The van der Waals surface area contributed by atoms with Gasteiger partial charge in [0.15, 0.2) is 0 Å². The summed E-state index contributed by atoms with van der Waals surface area (Å²) in [5.74, 6) is -0.696. The van der Waals surface area contributed by atoms with Gasteiger partial charge in [-0.2, -0.15) is 0 Å². The van der Waals surface area contributed by atoms with E-state index >= 15 is 0 Å². The Morgan fingerprint density at radius 3 is 2.64 bits per heavy atom. The number of benzene rings is 2. The lowest BCUT2D eigenvalue weighted by Crippen LogP contribution is -2.33. The van der Waals surface area contributed by atoms with E-state index in [1.54, 1.807) is 19.2 Å². The topological polar surface area (TPSA) is 96.4 Å². The second kappa shape index (κ2) is 7.84. The third-order valence-electron chi connectivity index (χ3n) is 7.22. The van der Waals surface area contributed by atoms with E-state index in [0.717, 1.165) is 27.5 Å². The molecule has 4 heterocycles. The normalized spacial score (nSPS) is 17.1. The highest BCUT2D eigenvalue weighted by atomic mass is 16.5. The SMILES string of the molecule is COc1ccc2[nH]c(=O)c([C@@H]3C4=C(CN(C(C)=O)C4=O)Nc4cccc5c4c3cn5C(C)C)cc2c1. The summed E-state index contributed by atoms with van der Waals surface area (Å²) in [7, 11) is 1.59. The molecule has 2 aliphatic rings. The van der Waals surface area contributed by atoms with Crippen molar-refractivity contribution in [3.05, 3.63) is 81.4 Å². The molecule has 2 aromatic carbocycles. The first-order valence-corrected chi connectivity index (χ1v) is 12.0. The summed E-state index contributed by atoms with van der Waals surface area (Å²) in [6.07, 6.45) is 2.04. The molecule has 2 amide bonds. The Morgan fingerprint density at radius 1 is 1.11 bits per heavy atom. The van der Waals surface area contributed by atoms with E-state index in [1.165, 1.54) is 11.8 Å². The number of aromatic amines is 1. The van der Waals surface area contributed by atoms with Gasteiger partial charge in [0.2, 0.25) is 5.91 Å². The van der Waals surface area contributed by atoms with Gasteiger partial charge in [-0.3, -0.25) is 19.3 Å². The predicted octanol–water partition coefficient (Wildman–Crippen LogP) is 4.27. The Bertz CT molecular complexity index is 1690. The molecule has 0 bridgehead atoms. The zero-order valence-electron chi connectivity index (χ0n) is 20.5. The fraction of sp³-hybridized carbons (Fsp3) is 0.250. The second-order valence-electron chi connectivity index (χ2n) is 9.65. The molecule has 1 atom stereocenters. The number of H-pyrrole nitrogens is 1. The van der Waals surface area contributed by atoms with Crippen molar-refractivity contribution < 1.29 is 14.3 Å². The number of amides is 2. The zero-order chi connectivity index (χ0) is 25.3. The highest BCUT2D eigenvalue weighted by Crippen LogP contribution is 2.46. The van der Waals surface area contributed by atoms with Crippen molar-refractivity contribution >= 4 is 39.3 Å². The first-order valence-electron chi connectivity index (χ1n) is 12.0. The molecule has 8 heteroatoms. The molecular weight excluding hydrogens is 456 g/mol. The van der Waals surface area contributed by atoms with Crippen LogP contribution in [0.15, 0.2) is 64.7 Å². The number of nitrogens with one attached hydrogen (secondary N) is 2. The number of fused-ring (bicyclic) bond motifs is 1. The highest BCUT2D eigenvalue weighted by molar-refractivity contribution is 6.11. The van der Waals surface area contributed by atoms with Crippen LogP contribution < -0.4 is 15.6 Å². The standard InChI is InChI=1S/C28H26N4O4/c1-14(2)31-12-19-24(18-11-16-10-17(36-4)8-9-20(16)30-27(18)34)26-22(13-32(15(3)33)28(26)35)29-21-6-5-7-23(31)25(19)21/h5-12,14,24,29H,13H2,1-4H3,(H,30,34)/t24-/m0/s1. The summed E-state index contributed by atoms with van der Waals surface area (Å²) in [4.78, 5) is 43.8. The third-order valence-corrected chi connectivity index (χ3v) is 7.22. The van der Waals surface area contributed by atoms with Crippen LogP contribution in [0.4, 0.5) is 5.69 Å². The molecule has 0 saturated heterocycles.